The summed E-state index contributed by atoms with van der Waals surface area (Å²) in [7, 11) is 0. The van der Waals surface area contributed by atoms with Gasteiger partial charge < -0.3 is 5.32 Å². The van der Waals surface area contributed by atoms with Gasteiger partial charge in [0.05, 0.1) is 10.6 Å². The van der Waals surface area contributed by atoms with E-state index in [2.05, 4.69) is 10.3 Å². The number of hydrogen-bond acceptors (Lipinski definition) is 4. The van der Waals surface area contributed by atoms with E-state index in [0.717, 1.165) is 5.56 Å². The van der Waals surface area contributed by atoms with Crippen LogP contribution in [0.2, 0.25) is 0 Å². The minimum Gasteiger partial charge on any atom is -0.333 e. The van der Waals surface area contributed by atoms with Crippen LogP contribution in [0.15, 0.2) is 42.6 Å². The van der Waals surface area contributed by atoms with Gasteiger partial charge >= 0.3 is 6.03 Å². The molecule has 0 radical (unpaired) electrons. The quantitative estimate of drug-likeness (QED) is 0.670. The van der Waals surface area contributed by atoms with E-state index in [4.69, 9.17) is 0 Å². The highest BCUT2D eigenvalue weighted by molar-refractivity contribution is 6.00. The van der Waals surface area contributed by atoms with Crippen LogP contribution >= 0.6 is 0 Å². The molecule has 0 atom stereocenters. The first-order valence-electron chi connectivity index (χ1n) is 5.93. The molecule has 20 heavy (non-hydrogen) atoms. The number of hydrogen-bond donors (Lipinski definition) is 1. The Morgan fingerprint density at radius 1 is 1.30 bits per heavy atom. The second-order valence-corrected chi connectivity index (χ2v) is 4.26. The lowest BCUT2D eigenvalue weighted by Gasteiger charge is -2.28. The summed E-state index contributed by atoms with van der Waals surface area (Å²) in [6, 6.07) is 9.19. The lowest BCUT2D eigenvalue weighted by Crippen LogP contribution is -2.41. The molecule has 2 aromatic rings. The number of nitrogens with zero attached hydrogens (tertiary/aromatic N) is 3. The Kier molecular flexibility index (Phi) is 2.79. The summed E-state index contributed by atoms with van der Waals surface area (Å²) < 4.78 is 0. The minimum absolute atomic E-state index is 0.0710. The fourth-order valence-electron chi connectivity index (χ4n) is 2.10. The van der Waals surface area contributed by atoms with E-state index in [1.165, 1.54) is 23.1 Å². The molecule has 7 nitrogen and oxygen atoms in total. The van der Waals surface area contributed by atoms with Gasteiger partial charge in [-0.25, -0.2) is 14.7 Å². The summed E-state index contributed by atoms with van der Waals surface area (Å²) in [6.07, 6.45) is 1.59. The van der Waals surface area contributed by atoms with Gasteiger partial charge in [0.2, 0.25) is 0 Å². The second-order valence-electron chi connectivity index (χ2n) is 4.26. The average Bonchev–Trinajstić information content (AvgIpc) is 2.47. The van der Waals surface area contributed by atoms with Gasteiger partial charge in [-0.05, 0) is 12.1 Å². The van der Waals surface area contributed by atoms with Crippen LogP contribution in [0.25, 0.3) is 0 Å². The molecule has 0 spiro atoms. The molecule has 0 bridgehead atoms. The van der Waals surface area contributed by atoms with Gasteiger partial charge in [0.1, 0.15) is 5.82 Å². The van der Waals surface area contributed by atoms with Crippen molar-refractivity contribution in [1.82, 2.24) is 10.3 Å². The fraction of sp³-hybridized carbons (Fsp3) is 0.0769. The Morgan fingerprint density at radius 3 is 2.95 bits per heavy atom. The zero-order valence-electron chi connectivity index (χ0n) is 10.3. The zero-order valence-corrected chi connectivity index (χ0v) is 10.3. The molecule has 0 saturated heterocycles. The molecule has 2 amide bonds. The van der Waals surface area contributed by atoms with Crippen LogP contribution in [0.3, 0.4) is 0 Å². The third kappa shape index (κ3) is 1.95. The number of non-ortho nitro benzene ring substituents is 1. The summed E-state index contributed by atoms with van der Waals surface area (Å²) in [5, 5.41) is 13.5. The second kappa shape index (κ2) is 4.61. The van der Waals surface area contributed by atoms with Gasteiger partial charge in [-0.2, -0.15) is 0 Å². The van der Waals surface area contributed by atoms with Gasteiger partial charge in [0.25, 0.3) is 5.69 Å². The summed E-state index contributed by atoms with van der Waals surface area (Å²) in [4.78, 5) is 27.9. The highest BCUT2D eigenvalue weighted by Gasteiger charge is 2.27. The standard InChI is InChI=1S/C13H10N4O3/c18-13-15-8-9-3-2-6-14-12(9)16(13)10-4-1-5-11(7-10)17(19)20/h1-7H,8H2,(H,15,18). The highest BCUT2D eigenvalue weighted by Crippen LogP contribution is 2.31. The van der Waals surface area contributed by atoms with E-state index >= 15 is 0 Å². The van der Waals surface area contributed by atoms with Crippen molar-refractivity contribution in [2.75, 3.05) is 4.90 Å². The molecule has 0 saturated carbocycles. The van der Waals surface area contributed by atoms with Crippen LogP contribution in [-0.4, -0.2) is 15.9 Å². The van der Waals surface area contributed by atoms with Crippen LogP contribution in [0.5, 0.6) is 0 Å². The smallest absolute Gasteiger partial charge is 0.327 e. The number of anilines is 2. The molecule has 0 fully saturated rings. The number of pyridine rings is 1. The Morgan fingerprint density at radius 2 is 2.15 bits per heavy atom. The molecule has 1 aliphatic heterocycles. The van der Waals surface area contributed by atoms with Crippen LogP contribution in [0, 0.1) is 10.1 Å². The number of nitrogens with one attached hydrogen (secondary N) is 1. The van der Waals surface area contributed by atoms with Crippen molar-refractivity contribution in [2.24, 2.45) is 0 Å². The molecule has 1 aromatic carbocycles. The maximum absolute atomic E-state index is 12.0. The molecular formula is C13H10N4O3. The van der Waals surface area contributed by atoms with Crippen molar-refractivity contribution in [1.29, 1.82) is 0 Å². The normalized spacial score (nSPS) is 13.6. The third-order valence-electron chi connectivity index (χ3n) is 3.01. The van der Waals surface area contributed by atoms with E-state index in [1.807, 2.05) is 6.07 Å². The van der Waals surface area contributed by atoms with E-state index in [1.54, 1.807) is 18.3 Å². The molecule has 1 aromatic heterocycles. The first kappa shape index (κ1) is 12.1. The van der Waals surface area contributed by atoms with E-state index < -0.39 is 4.92 Å². The molecule has 0 unspecified atom stereocenters. The molecule has 0 aliphatic carbocycles. The summed E-state index contributed by atoms with van der Waals surface area (Å²) >= 11 is 0. The first-order valence-corrected chi connectivity index (χ1v) is 5.93. The maximum atomic E-state index is 12.0. The van der Waals surface area contributed by atoms with Crippen LogP contribution in [-0.2, 0) is 6.54 Å². The van der Waals surface area contributed by atoms with Crippen LogP contribution < -0.4 is 10.2 Å². The largest absolute Gasteiger partial charge is 0.333 e. The fourth-order valence-corrected chi connectivity index (χ4v) is 2.10. The summed E-state index contributed by atoms with van der Waals surface area (Å²) in [5.74, 6) is 0.497. The van der Waals surface area contributed by atoms with Gasteiger partial charge in [-0.3, -0.25) is 10.1 Å². The van der Waals surface area contributed by atoms with Gasteiger partial charge in [0.15, 0.2) is 0 Å². The molecule has 3 rings (SSSR count). The highest BCUT2D eigenvalue weighted by atomic mass is 16.6. The number of urea groups is 1. The summed E-state index contributed by atoms with van der Waals surface area (Å²) in [5.41, 5.74) is 1.20. The first-order chi connectivity index (χ1) is 9.66. The molecular weight excluding hydrogens is 260 g/mol. The molecule has 2 heterocycles. The van der Waals surface area contributed by atoms with E-state index in [0.29, 0.717) is 18.1 Å². The van der Waals surface area contributed by atoms with E-state index in [-0.39, 0.29) is 11.7 Å². The van der Waals surface area contributed by atoms with Crippen LogP contribution in [0.4, 0.5) is 22.0 Å². The number of aromatic nitrogens is 1. The predicted octanol–water partition coefficient (Wildman–Crippen LogP) is 2.35. The number of fused-ring (bicyclic) bond motifs is 1. The molecule has 1 aliphatic rings. The average molecular weight is 270 g/mol. The Hall–Kier alpha value is -2.96. The Labute approximate surface area is 114 Å². The van der Waals surface area contributed by atoms with Crippen molar-refractivity contribution in [3.05, 3.63) is 58.3 Å². The Bertz CT molecular complexity index is 702. The lowest BCUT2D eigenvalue weighted by atomic mass is 10.2. The number of carbonyl (C=O) groups is 1. The van der Waals surface area contributed by atoms with Gasteiger partial charge in [-0.1, -0.05) is 12.1 Å². The topological polar surface area (TPSA) is 88.4 Å². The third-order valence-corrected chi connectivity index (χ3v) is 3.01. The number of amides is 2. The molecule has 100 valence electrons. The minimum atomic E-state index is -0.495. The SMILES string of the molecule is O=C1NCc2cccnc2N1c1cccc([N+](=O)[O-])c1. The van der Waals surface area contributed by atoms with Gasteiger partial charge in [0, 0.05) is 30.4 Å². The molecule has 7 heteroatoms. The monoisotopic (exact) mass is 270 g/mol. The van der Waals surface area contributed by atoms with Crippen molar-refractivity contribution in [3.63, 3.8) is 0 Å². The number of benzene rings is 1. The van der Waals surface area contributed by atoms with Crippen molar-refractivity contribution in [2.45, 2.75) is 6.54 Å². The van der Waals surface area contributed by atoms with Crippen molar-refractivity contribution < 1.29 is 9.72 Å². The number of rotatable bonds is 2. The lowest BCUT2D eigenvalue weighted by molar-refractivity contribution is -0.384. The van der Waals surface area contributed by atoms with Crippen molar-refractivity contribution >= 4 is 23.2 Å². The number of carbonyl (C=O) groups excluding carboxylic acids is 1. The molecule has 1 N–H and O–H groups in total. The Balaban J connectivity index is 2.11. The van der Waals surface area contributed by atoms with Gasteiger partial charge in [-0.15, -0.1) is 0 Å². The van der Waals surface area contributed by atoms with Crippen LogP contribution in [0.1, 0.15) is 5.56 Å². The number of nitro benzene ring substituents is 1. The van der Waals surface area contributed by atoms with E-state index in [9.17, 15) is 14.9 Å². The predicted molar refractivity (Wildman–Crippen MR) is 71.7 cm³/mol. The maximum Gasteiger partial charge on any atom is 0.327 e. The van der Waals surface area contributed by atoms with Crippen molar-refractivity contribution in [3.8, 4) is 0 Å². The zero-order chi connectivity index (χ0) is 14.1. The number of nitro groups is 1. The summed E-state index contributed by atoms with van der Waals surface area (Å²) in [6.45, 7) is 0.396.